The zero-order valence-electron chi connectivity index (χ0n) is 15.0. The molecule has 0 N–H and O–H groups in total. The molecule has 0 radical (unpaired) electrons. The first kappa shape index (κ1) is 18.9. The number of halogens is 2. The zero-order chi connectivity index (χ0) is 17.1. The third-order valence-electron chi connectivity index (χ3n) is 5.60. The molecule has 0 aromatic heterocycles. The van der Waals surface area contributed by atoms with Crippen LogP contribution in [0.5, 0.6) is 0 Å². The number of alkyl halides is 2. The smallest absolute Gasteiger partial charge is 0.0915 e. The topological polar surface area (TPSA) is 0 Å². The van der Waals surface area contributed by atoms with E-state index in [9.17, 15) is 0 Å². The minimum atomic E-state index is -0.510. The van der Waals surface area contributed by atoms with Gasteiger partial charge in [0.25, 0.3) is 0 Å². The molecule has 2 atom stereocenters. The Bertz CT molecular complexity index is 502. The third-order valence-corrected chi connectivity index (χ3v) is 7.28. The van der Waals surface area contributed by atoms with Crippen LogP contribution in [0, 0.1) is 5.41 Å². The van der Waals surface area contributed by atoms with Crippen molar-refractivity contribution in [1.29, 1.82) is 0 Å². The van der Waals surface area contributed by atoms with Crippen molar-refractivity contribution in [3.63, 3.8) is 0 Å². The summed E-state index contributed by atoms with van der Waals surface area (Å²) in [6, 6.07) is 0. The van der Waals surface area contributed by atoms with Gasteiger partial charge >= 0.3 is 0 Å². The van der Waals surface area contributed by atoms with Crippen LogP contribution in [0.15, 0.2) is 47.6 Å². The van der Waals surface area contributed by atoms with Crippen LogP contribution in [-0.4, -0.2) is 9.75 Å². The molecule has 0 fully saturated rings. The van der Waals surface area contributed by atoms with Gasteiger partial charge in [0.15, 0.2) is 0 Å². The SMILES string of the molecule is CCCCC1=CC=CC1(Cl)C(C)(C)C1(Cl)C=CC=C1CCCC. The predicted molar refractivity (Wildman–Crippen MR) is 104 cm³/mol. The first-order valence-electron chi connectivity index (χ1n) is 8.99. The zero-order valence-corrected chi connectivity index (χ0v) is 16.5. The lowest BCUT2D eigenvalue weighted by Gasteiger charge is -2.50. The van der Waals surface area contributed by atoms with E-state index in [1.165, 1.54) is 36.8 Å². The third kappa shape index (κ3) is 3.10. The van der Waals surface area contributed by atoms with Crippen molar-refractivity contribution in [2.75, 3.05) is 0 Å². The Balaban J connectivity index is 2.33. The number of unbranched alkanes of at least 4 members (excludes halogenated alkanes) is 2. The molecular weight excluding hydrogens is 323 g/mol. The highest BCUT2D eigenvalue weighted by atomic mass is 35.5. The van der Waals surface area contributed by atoms with Crippen molar-refractivity contribution in [2.24, 2.45) is 5.41 Å². The summed E-state index contributed by atoms with van der Waals surface area (Å²) in [5, 5.41) is 0. The minimum absolute atomic E-state index is 0.303. The number of hydrogen-bond acceptors (Lipinski definition) is 0. The van der Waals surface area contributed by atoms with E-state index in [1.54, 1.807) is 0 Å². The summed E-state index contributed by atoms with van der Waals surface area (Å²) in [6.07, 6.45) is 19.7. The average molecular weight is 353 g/mol. The Labute approximate surface area is 152 Å². The lowest BCUT2D eigenvalue weighted by atomic mass is 9.63. The van der Waals surface area contributed by atoms with E-state index in [0.29, 0.717) is 0 Å². The van der Waals surface area contributed by atoms with E-state index in [-0.39, 0.29) is 5.41 Å². The average Bonchev–Trinajstić information content (AvgIpc) is 3.08. The monoisotopic (exact) mass is 352 g/mol. The fraction of sp³-hybridized carbons (Fsp3) is 0.619. The minimum Gasteiger partial charge on any atom is -0.109 e. The molecule has 2 heteroatoms. The Morgan fingerprint density at radius 1 is 0.826 bits per heavy atom. The van der Waals surface area contributed by atoms with E-state index in [0.717, 1.165) is 12.8 Å². The Kier molecular flexibility index (Phi) is 5.90. The van der Waals surface area contributed by atoms with Gasteiger partial charge in [-0.3, -0.25) is 0 Å². The summed E-state index contributed by atoms with van der Waals surface area (Å²) in [5.74, 6) is 0. The van der Waals surface area contributed by atoms with Crippen molar-refractivity contribution in [3.05, 3.63) is 47.6 Å². The molecule has 0 aromatic carbocycles. The van der Waals surface area contributed by atoms with E-state index in [2.05, 4.69) is 64.2 Å². The molecule has 0 spiro atoms. The van der Waals surface area contributed by atoms with Gasteiger partial charge in [0.2, 0.25) is 0 Å². The van der Waals surface area contributed by atoms with Crippen LogP contribution in [0.1, 0.15) is 66.2 Å². The fourth-order valence-electron chi connectivity index (χ4n) is 3.80. The van der Waals surface area contributed by atoms with E-state index >= 15 is 0 Å². The second kappa shape index (κ2) is 7.19. The second-order valence-electron chi connectivity index (χ2n) is 7.36. The summed E-state index contributed by atoms with van der Waals surface area (Å²) in [5.41, 5.74) is 2.31. The maximum Gasteiger partial charge on any atom is 0.0915 e. The van der Waals surface area contributed by atoms with Gasteiger partial charge in [0.05, 0.1) is 9.75 Å². The Morgan fingerprint density at radius 2 is 1.22 bits per heavy atom. The van der Waals surface area contributed by atoms with Crippen molar-refractivity contribution in [1.82, 2.24) is 0 Å². The van der Waals surface area contributed by atoms with Crippen molar-refractivity contribution < 1.29 is 0 Å². The van der Waals surface area contributed by atoms with Crippen LogP contribution in [-0.2, 0) is 0 Å². The Morgan fingerprint density at radius 3 is 1.57 bits per heavy atom. The summed E-state index contributed by atoms with van der Waals surface area (Å²) < 4.78 is 0. The van der Waals surface area contributed by atoms with E-state index in [4.69, 9.17) is 23.2 Å². The number of allylic oxidation sites excluding steroid dienone is 8. The highest BCUT2D eigenvalue weighted by molar-refractivity contribution is 6.32. The lowest BCUT2D eigenvalue weighted by Crippen LogP contribution is -2.52. The molecule has 128 valence electrons. The van der Waals surface area contributed by atoms with Gasteiger partial charge < -0.3 is 0 Å². The molecule has 0 nitrogen and oxygen atoms in total. The highest BCUT2D eigenvalue weighted by Gasteiger charge is 2.57. The van der Waals surface area contributed by atoms with Gasteiger partial charge in [0.1, 0.15) is 0 Å². The van der Waals surface area contributed by atoms with Gasteiger partial charge in [-0.2, -0.15) is 0 Å². The summed E-state index contributed by atoms with van der Waals surface area (Å²) in [4.78, 5) is -1.02. The maximum atomic E-state index is 7.23. The van der Waals surface area contributed by atoms with Crippen molar-refractivity contribution >= 4 is 23.2 Å². The summed E-state index contributed by atoms with van der Waals surface area (Å²) in [7, 11) is 0. The van der Waals surface area contributed by atoms with Gasteiger partial charge in [-0.05, 0) is 36.8 Å². The first-order valence-corrected chi connectivity index (χ1v) is 9.74. The highest BCUT2D eigenvalue weighted by Crippen LogP contribution is 2.59. The molecule has 2 aliphatic rings. The van der Waals surface area contributed by atoms with Gasteiger partial charge in [-0.25, -0.2) is 0 Å². The molecule has 0 aromatic rings. The molecule has 23 heavy (non-hydrogen) atoms. The van der Waals surface area contributed by atoms with Crippen LogP contribution in [0.3, 0.4) is 0 Å². The molecule has 0 heterocycles. The van der Waals surface area contributed by atoms with Gasteiger partial charge in [0, 0.05) is 5.41 Å². The molecule has 2 unspecified atom stereocenters. The summed E-state index contributed by atoms with van der Waals surface area (Å²) >= 11 is 14.5. The van der Waals surface area contributed by atoms with Gasteiger partial charge in [-0.1, -0.05) is 77.0 Å². The lowest BCUT2D eigenvalue weighted by molar-refractivity contribution is 0.267. The first-order chi connectivity index (χ1) is 10.8. The second-order valence-corrected chi connectivity index (χ2v) is 8.55. The van der Waals surface area contributed by atoms with Crippen LogP contribution >= 0.6 is 23.2 Å². The molecule has 0 amide bonds. The molecule has 2 rings (SSSR count). The normalized spacial score (nSPS) is 30.0. The van der Waals surface area contributed by atoms with Crippen LogP contribution in [0.4, 0.5) is 0 Å². The molecule has 2 aliphatic carbocycles. The van der Waals surface area contributed by atoms with E-state index < -0.39 is 9.75 Å². The van der Waals surface area contributed by atoms with Crippen LogP contribution in [0.25, 0.3) is 0 Å². The fourth-order valence-corrected chi connectivity index (χ4v) is 4.61. The van der Waals surface area contributed by atoms with E-state index in [1.807, 2.05) is 0 Å². The molecule has 0 saturated carbocycles. The van der Waals surface area contributed by atoms with Crippen LogP contribution in [0.2, 0.25) is 0 Å². The largest absolute Gasteiger partial charge is 0.109 e. The molecule has 0 aliphatic heterocycles. The standard InChI is InChI=1S/C21H30Cl2/c1-5-7-11-17-13-9-15-20(17,22)19(3,4)21(23)16-10-14-18(21)12-8-6-2/h9-10,13-16H,5-8,11-12H2,1-4H3. The van der Waals surface area contributed by atoms with Crippen molar-refractivity contribution in [3.8, 4) is 0 Å². The van der Waals surface area contributed by atoms with Crippen molar-refractivity contribution in [2.45, 2.75) is 76.0 Å². The quantitative estimate of drug-likeness (QED) is 0.400. The summed E-state index contributed by atoms with van der Waals surface area (Å²) in [6.45, 7) is 8.88. The predicted octanol–water partition coefficient (Wildman–Crippen LogP) is 7.34. The Hall–Kier alpha value is -0.460. The molecular formula is C21H30Cl2. The number of rotatable bonds is 8. The maximum absolute atomic E-state index is 7.23. The molecule has 0 saturated heterocycles. The number of hydrogen-bond donors (Lipinski definition) is 0. The van der Waals surface area contributed by atoms with Crippen LogP contribution < -0.4 is 0 Å². The molecule has 0 bridgehead atoms. The van der Waals surface area contributed by atoms with Gasteiger partial charge in [-0.15, -0.1) is 23.2 Å².